The zero-order chi connectivity index (χ0) is 15.2. The molecule has 0 radical (unpaired) electrons. The van der Waals surface area contributed by atoms with Crippen LogP contribution in [0, 0.1) is 0 Å². The van der Waals surface area contributed by atoms with Crippen molar-refractivity contribution >= 4 is 34.9 Å². The molecule has 2 aromatic rings. The Bertz CT molecular complexity index is 626. The molecule has 2 rings (SSSR count). The molecule has 0 saturated carbocycles. The van der Waals surface area contributed by atoms with Crippen molar-refractivity contribution in [2.45, 2.75) is 6.61 Å². The zero-order valence-corrected chi connectivity index (χ0v) is 12.5. The lowest BCUT2D eigenvalue weighted by Gasteiger charge is -2.10. The second-order valence-electron chi connectivity index (χ2n) is 4.19. The highest BCUT2D eigenvalue weighted by Gasteiger charge is 2.10. The van der Waals surface area contributed by atoms with E-state index in [1.54, 1.807) is 42.5 Å². The molecule has 0 aromatic heterocycles. The molecule has 0 bridgehead atoms. The van der Waals surface area contributed by atoms with Crippen LogP contribution in [-0.4, -0.2) is 12.6 Å². The minimum Gasteiger partial charge on any atom is -0.480 e. The second kappa shape index (κ2) is 7.20. The van der Waals surface area contributed by atoms with E-state index in [2.05, 4.69) is 0 Å². The number of anilines is 1. The number of esters is 1. The third-order valence-electron chi connectivity index (χ3n) is 2.70. The fourth-order valence-electron chi connectivity index (χ4n) is 1.61. The molecule has 2 N–H and O–H groups in total. The fourth-order valence-corrected chi connectivity index (χ4v) is 2.12. The van der Waals surface area contributed by atoms with Crippen LogP contribution in [-0.2, 0) is 16.1 Å². The maximum absolute atomic E-state index is 11.6. The third kappa shape index (κ3) is 4.28. The summed E-state index contributed by atoms with van der Waals surface area (Å²) in [6.07, 6.45) is 0. The van der Waals surface area contributed by atoms with Crippen molar-refractivity contribution in [3.8, 4) is 5.75 Å². The predicted octanol–water partition coefficient (Wildman–Crippen LogP) is 3.70. The van der Waals surface area contributed by atoms with Gasteiger partial charge in [0.25, 0.3) is 0 Å². The van der Waals surface area contributed by atoms with Gasteiger partial charge < -0.3 is 15.2 Å². The van der Waals surface area contributed by atoms with Crippen LogP contribution in [0.15, 0.2) is 42.5 Å². The number of ether oxygens (including phenoxy) is 2. The SMILES string of the molecule is Nc1ccccc1OCC(=O)OCc1c(Cl)cccc1Cl. The molecule has 0 heterocycles. The molecule has 2 aromatic carbocycles. The summed E-state index contributed by atoms with van der Waals surface area (Å²) >= 11 is 12.0. The zero-order valence-electron chi connectivity index (χ0n) is 11.0. The van der Waals surface area contributed by atoms with Gasteiger partial charge in [-0.1, -0.05) is 41.4 Å². The van der Waals surface area contributed by atoms with E-state index < -0.39 is 5.97 Å². The van der Waals surface area contributed by atoms with Crippen LogP contribution >= 0.6 is 23.2 Å². The van der Waals surface area contributed by atoms with Crippen LogP contribution in [0.3, 0.4) is 0 Å². The highest BCUT2D eigenvalue weighted by molar-refractivity contribution is 6.35. The lowest BCUT2D eigenvalue weighted by molar-refractivity contribution is -0.147. The first kappa shape index (κ1) is 15.5. The topological polar surface area (TPSA) is 61.5 Å². The van der Waals surface area contributed by atoms with E-state index in [1.165, 1.54) is 0 Å². The van der Waals surface area contributed by atoms with Crippen LogP contribution in [0.5, 0.6) is 5.75 Å². The number of hydrogen-bond donors (Lipinski definition) is 1. The monoisotopic (exact) mass is 325 g/mol. The standard InChI is InChI=1S/C15H13Cl2NO3/c16-11-4-3-5-12(17)10(11)8-21-15(19)9-20-14-7-2-1-6-13(14)18/h1-7H,8-9,18H2. The molecule has 110 valence electrons. The summed E-state index contributed by atoms with van der Waals surface area (Å²) in [4.78, 5) is 11.6. The molecule has 0 spiro atoms. The molecule has 0 aliphatic heterocycles. The summed E-state index contributed by atoms with van der Waals surface area (Å²) in [5.41, 5.74) is 6.72. The number of hydrogen-bond acceptors (Lipinski definition) is 4. The average molecular weight is 326 g/mol. The van der Waals surface area contributed by atoms with E-state index >= 15 is 0 Å². The fraction of sp³-hybridized carbons (Fsp3) is 0.133. The summed E-state index contributed by atoms with van der Waals surface area (Å²) in [6, 6.07) is 12.0. The molecular formula is C15H13Cl2NO3. The summed E-state index contributed by atoms with van der Waals surface area (Å²) in [5, 5.41) is 0.895. The lowest BCUT2D eigenvalue weighted by Crippen LogP contribution is -2.15. The largest absolute Gasteiger partial charge is 0.480 e. The van der Waals surface area contributed by atoms with E-state index in [9.17, 15) is 4.79 Å². The van der Waals surface area contributed by atoms with E-state index in [1.807, 2.05) is 0 Å². The van der Waals surface area contributed by atoms with Crippen LogP contribution < -0.4 is 10.5 Å². The Kier molecular flexibility index (Phi) is 5.31. The maximum Gasteiger partial charge on any atom is 0.344 e. The van der Waals surface area contributed by atoms with Gasteiger partial charge >= 0.3 is 5.97 Å². The van der Waals surface area contributed by atoms with E-state index in [-0.39, 0.29) is 13.2 Å². The summed E-state index contributed by atoms with van der Waals surface area (Å²) in [7, 11) is 0. The molecule has 0 fully saturated rings. The number of rotatable bonds is 5. The van der Waals surface area contributed by atoms with Gasteiger partial charge in [-0.15, -0.1) is 0 Å². The third-order valence-corrected chi connectivity index (χ3v) is 3.41. The smallest absolute Gasteiger partial charge is 0.344 e. The van der Waals surface area contributed by atoms with Gasteiger partial charge in [0.05, 0.1) is 5.69 Å². The summed E-state index contributed by atoms with van der Waals surface area (Å²) in [5.74, 6) is -0.0977. The van der Waals surface area contributed by atoms with Crippen molar-refractivity contribution in [2.24, 2.45) is 0 Å². The van der Waals surface area contributed by atoms with Gasteiger partial charge in [-0.05, 0) is 24.3 Å². The van der Waals surface area contributed by atoms with Gasteiger partial charge in [-0.25, -0.2) is 4.79 Å². The Hall–Kier alpha value is -1.91. The minimum atomic E-state index is -0.533. The van der Waals surface area contributed by atoms with E-state index in [4.69, 9.17) is 38.4 Å². The first-order valence-electron chi connectivity index (χ1n) is 6.13. The number of carbonyl (C=O) groups excluding carboxylic acids is 1. The molecule has 0 aliphatic rings. The molecule has 0 saturated heterocycles. The number of nitrogens with two attached hydrogens (primary N) is 1. The minimum absolute atomic E-state index is 0.00896. The highest BCUT2D eigenvalue weighted by atomic mass is 35.5. The van der Waals surface area contributed by atoms with Gasteiger partial charge in [-0.2, -0.15) is 0 Å². The number of carbonyl (C=O) groups is 1. The van der Waals surface area contributed by atoms with Crippen molar-refractivity contribution in [2.75, 3.05) is 12.3 Å². The average Bonchev–Trinajstić information content (AvgIpc) is 2.46. The highest BCUT2D eigenvalue weighted by Crippen LogP contribution is 2.25. The quantitative estimate of drug-likeness (QED) is 0.672. The van der Waals surface area contributed by atoms with Crippen LogP contribution in [0.2, 0.25) is 10.0 Å². The molecule has 0 amide bonds. The van der Waals surface area contributed by atoms with Crippen LogP contribution in [0.25, 0.3) is 0 Å². The van der Waals surface area contributed by atoms with Gasteiger partial charge in [0.1, 0.15) is 12.4 Å². The number of nitrogen functional groups attached to an aromatic ring is 1. The molecule has 21 heavy (non-hydrogen) atoms. The van der Waals surface area contributed by atoms with E-state index in [0.717, 1.165) is 0 Å². The van der Waals surface area contributed by atoms with Crippen molar-refractivity contribution in [1.82, 2.24) is 0 Å². The maximum atomic E-state index is 11.6. The predicted molar refractivity (Wildman–Crippen MR) is 82.6 cm³/mol. The Balaban J connectivity index is 1.87. The van der Waals surface area contributed by atoms with Crippen LogP contribution in [0.4, 0.5) is 5.69 Å². The first-order valence-corrected chi connectivity index (χ1v) is 6.89. The normalized spacial score (nSPS) is 10.2. The molecule has 0 atom stereocenters. The Morgan fingerprint density at radius 2 is 1.71 bits per heavy atom. The van der Waals surface area contributed by atoms with Gasteiger partial charge in [0.2, 0.25) is 0 Å². The summed E-state index contributed by atoms with van der Waals surface area (Å²) < 4.78 is 10.4. The van der Waals surface area contributed by atoms with Crippen molar-refractivity contribution < 1.29 is 14.3 Å². The second-order valence-corrected chi connectivity index (χ2v) is 5.00. The Labute approximate surface area is 132 Å². The molecular weight excluding hydrogens is 313 g/mol. The molecule has 4 nitrogen and oxygen atoms in total. The van der Waals surface area contributed by atoms with Gasteiger partial charge in [0.15, 0.2) is 6.61 Å². The van der Waals surface area contributed by atoms with Crippen LogP contribution in [0.1, 0.15) is 5.56 Å². The number of halogens is 2. The number of benzene rings is 2. The number of para-hydroxylation sites is 2. The lowest BCUT2D eigenvalue weighted by atomic mass is 10.2. The summed E-state index contributed by atoms with van der Waals surface area (Å²) in [6.45, 7) is -0.249. The van der Waals surface area contributed by atoms with Gasteiger partial charge in [-0.3, -0.25) is 0 Å². The molecule has 0 aliphatic carbocycles. The first-order chi connectivity index (χ1) is 10.1. The Morgan fingerprint density at radius 3 is 2.38 bits per heavy atom. The molecule has 0 unspecified atom stereocenters. The Morgan fingerprint density at radius 1 is 1.05 bits per heavy atom. The van der Waals surface area contributed by atoms with Crippen molar-refractivity contribution in [3.05, 3.63) is 58.1 Å². The van der Waals surface area contributed by atoms with E-state index in [0.29, 0.717) is 27.0 Å². The van der Waals surface area contributed by atoms with Crippen molar-refractivity contribution in [1.29, 1.82) is 0 Å². The van der Waals surface area contributed by atoms with Gasteiger partial charge in [0, 0.05) is 15.6 Å². The molecule has 6 heteroatoms. The van der Waals surface area contributed by atoms with Crippen molar-refractivity contribution in [3.63, 3.8) is 0 Å².